The van der Waals surface area contributed by atoms with E-state index in [1.165, 1.54) is 10.4 Å². The Bertz CT molecular complexity index is 1200. The maximum atomic E-state index is 13.8. The number of carbonyl (C=O) groups is 1. The van der Waals surface area contributed by atoms with E-state index in [9.17, 15) is 17.6 Å². The van der Waals surface area contributed by atoms with E-state index in [0.717, 1.165) is 37.7 Å². The smallest absolute Gasteiger partial charge is 0.245 e. The average Bonchev–Trinajstić information content (AvgIpc) is 2.97. The largest absolute Gasteiger partial charge is 0.370 e. The number of ether oxygens (including phenoxy) is 1. The van der Waals surface area contributed by atoms with Gasteiger partial charge < -0.3 is 15.0 Å². The molecule has 0 spiro atoms. The maximum Gasteiger partial charge on any atom is 0.245 e. The molecule has 0 aromatic heterocycles. The van der Waals surface area contributed by atoms with Crippen LogP contribution in [0.2, 0.25) is 0 Å². The minimum absolute atomic E-state index is 0.0350. The lowest BCUT2D eigenvalue weighted by molar-refractivity contribution is -0.125. The molecule has 2 aromatic rings. The minimum atomic E-state index is -3.45. The average molecular weight is 589 g/mol. The molecule has 1 saturated carbocycles. The van der Waals surface area contributed by atoms with Crippen molar-refractivity contribution in [1.82, 2.24) is 19.4 Å². The van der Waals surface area contributed by atoms with E-state index in [1.54, 1.807) is 36.4 Å². The molecule has 1 unspecified atom stereocenters. The third-order valence-corrected chi connectivity index (χ3v) is 10.4. The highest BCUT2D eigenvalue weighted by Crippen LogP contribution is 2.40. The van der Waals surface area contributed by atoms with Crippen LogP contribution in [-0.4, -0.2) is 95.0 Å². The molecule has 2 aromatic carbocycles. The molecular weight excluding hydrogens is 543 g/mol. The Balaban J connectivity index is 1.06. The van der Waals surface area contributed by atoms with Crippen LogP contribution in [0.4, 0.5) is 4.39 Å². The van der Waals surface area contributed by atoms with Crippen molar-refractivity contribution in [3.63, 3.8) is 0 Å². The summed E-state index contributed by atoms with van der Waals surface area (Å²) >= 11 is 0. The first-order valence-electron chi connectivity index (χ1n) is 14.8. The van der Waals surface area contributed by atoms with Crippen LogP contribution < -0.4 is 5.32 Å². The fourth-order valence-electron chi connectivity index (χ4n) is 6.24. The summed E-state index contributed by atoms with van der Waals surface area (Å²) in [5.74, 6) is 0.809. The number of benzene rings is 2. The first kappa shape index (κ1) is 31.6. The topological polar surface area (TPSA) is 82.2 Å². The first-order chi connectivity index (χ1) is 19.7. The van der Waals surface area contributed by atoms with Gasteiger partial charge in [0, 0.05) is 45.3 Å². The quantitative estimate of drug-likeness (QED) is 0.359. The molecule has 1 amide bonds. The fourth-order valence-corrected chi connectivity index (χ4v) is 7.68. The molecule has 1 N–H and O–H groups in total. The van der Waals surface area contributed by atoms with E-state index >= 15 is 0 Å². The highest BCUT2D eigenvalue weighted by molar-refractivity contribution is 7.89. The highest BCUT2D eigenvalue weighted by Gasteiger charge is 2.30. The van der Waals surface area contributed by atoms with Crippen LogP contribution in [0, 0.1) is 17.7 Å². The summed E-state index contributed by atoms with van der Waals surface area (Å²) in [6.45, 7) is 3.95. The molecule has 1 aliphatic carbocycles. The van der Waals surface area contributed by atoms with Gasteiger partial charge in [-0.2, -0.15) is 4.31 Å². The van der Waals surface area contributed by atoms with Crippen molar-refractivity contribution in [1.29, 1.82) is 0 Å². The van der Waals surface area contributed by atoms with Crippen molar-refractivity contribution >= 4 is 15.9 Å². The van der Waals surface area contributed by atoms with Gasteiger partial charge in [0.25, 0.3) is 0 Å². The lowest BCUT2D eigenvalue weighted by atomic mass is 9.75. The first-order valence-corrected chi connectivity index (χ1v) is 16.2. The van der Waals surface area contributed by atoms with E-state index in [1.807, 2.05) is 12.1 Å². The van der Waals surface area contributed by atoms with Gasteiger partial charge in [0.05, 0.1) is 11.5 Å². The number of hydrogen-bond acceptors (Lipinski definition) is 6. The summed E-state index contributed by atoms with van der Waals surface area (Å²) in [5.41, 5.74) is 1.05. The molecule has 1 saturated heterocycles. The number of rotatable bonds is 13. The molecule has 1 atom stereocenters. The van der Waals surface area contributed by atoms with Crippen molar-refractivity contribution in [3.05, 3.63) is 66.0 Å². The maximum absolute atomic E-state index is 13.8. The van der Waals surface area contributed by atoms with Gasteiger partial charge in [-0.15, -0.1) is 0 Å². The molecule has 0 bridgehead atoms. The Morgan fingerprint density at radius 2 is 1.73 bits per heavy atom. The van der Waals surface area contributed by atoms with Gasteiger partial charge in [0.1, 0.15) is 12.4 Å². The molecule has 10 heteroatoms. The van der Waals surface area contributed by atoms with Crippen LogP contribution in [-0.2, 0) is 19.6 Å². The standard InChI is InChI=1S/C31H45FN4O4S/c1-34(2)31(27-7-6-8-28(32)23-27)26-13-11-25(12-14-26)15-16-33-30(37)24-40-22-21-35-17-19-36(20-18-35)41(38,39)29-9-4-3-5-10-29/h3-10,23,25-26,31H,11-22,24H2,1-2H3,(H,33,37). The van der Waals surface area contributed by atoms with Gasteiger partial charge in [-0.05, 0) is 75.0 Å². The minimum Gasteiger partial charge on any atom is -0.370 e. The second kappa shape index (κ2) is 15.2. The van der Waals surface area contributed by atoms with Crippen molar-refractivity contribution < 1.29 is 22.3 Å². The summed E-state index contributed by atoms with van der Waals surface area (Å²) in [6, 6.07) is 15.7. The number of hydrogen-bond donors (Lipinski definition) is 1. The number of amides is 1. The molecule has 1 heterocycles. The van der Waals surface area contributed by atoms with Gasteiger partial charge in [-0.1, -0.05) is 43.2 Å². The predicted octanol–water partition coefficient (Wildman–Crippen LogP) is 3.76. The summed E-state index contributed by atoms with van der Waals surface area (Å²) in [7, 11) is 0.683. The Labute approximate surface area is 244 Å². The molecule has 0 radical (unpaired) electrons. The Morgan fingerprint density at radius 1 is 1.02 bits per heavy atom. The summed E-state index contributed by atoms with van der Waals surface area (Å²) in [4.78, 5) is 17.0. The van der Waals surface area contributed by atoms with Crippen molar-refractivity contribution in [2.45, 2.75) is 43.0 Å². The lowest BCUT2D eigenvalue weighted by Crippen LogP contribution is -2.49. The molecule has 8 nitrogen and oxygen atoms in total. The molecule has 4 rings (SSSR count). The van der Waals surface area contributed by atoms with E-state index < -0.39 is 10.0 Å². The predicted molar refractivity (Wildman–Crippen MR) is 158 cm³/mol. The zero-order valence-electron chi connectivity index (χ0n) is 24.4. The number of piperazine rings is 1. The van der Waals surface area contributed by atoms with Gasteiger partial charge >= 0.3 is 0 Å². The van der Waals surface area contributed by atoms with Gasteiger partial charge in [0.15, 0.2) is 0 Å². The normalized spacial score (nSPS) is 21.6. The van der Waals surface area contributed by atoms with Gasteiger partial charge in [0.2, 0.25) is 15.9 Å². The van der Waals surface area contributed by atoms with Gasteiger partial charge in [-0.25, -0.2) is 12.8 Å². The van der Waals surface area contributed by atoms with Crippen LogP contribution in [0.3, 0.4) is 0 Å². The third kappa shape index (κ3) is 9.06. The van der Waals surface area contributed by atoms with Crippen LogP contribution in [0.1, 0.15) is 43.7 Å². The van der Waals surface area contributed by atoms with Crippen LogP contribution >= 0.6 is 0 Å². The van der Waals surface area contributed by atoms with E-state index in [4.69, 9.17) is 4.74 Å². The van der Waals surface area contributed by atoms with E-state index in [-0.39, 0.29) is 24.4 Å². The lowest BCUT2D eigenvalue weighted by Gasteiger charge is -2.37. The number of nitrogens with one attached hydrogen (secondary N) is 1. The Hall–Kier alpha value is -2.37. The summed E-state index contributed by atoms with van der Waals surface area (Å²) in [5, 5.41) is 2.99. The highest BCUT2D eigenvalue weighted by atomic mass is 32.2. The molecule has 2 fully saturated rings. The number of halogens is 1. The van der Waals surface area contributed by atoms with Crippen LogP contribution in [0.25, 0.3) is 0 Å². The molecule has 41 heavy (non-hydrogen) atoms. The van der Waals surface area contributed by atoms with Crippen molar-refractivity contribution in [3.8, 4) is 0 Å². The number of sulfonamides is 1. The number of nitrogens with zero attached hydrogens (tertiary/aromatic N) is 3. The van der Waals surface area contributed by atoms with E-state index in [2.05, 4.69) is 29.2 Å². The molecular formula is C31H45FN4O4S. The summed E-state index contributed by atoms with van der Waals surface area (Å²) in [6.07, 6.45) is 5.41. The fraction of sp³-hybridized carbons (Fsp3) is 0.581. The SMILES string of the molecule is CN(C)C(c1cccc(F)c1)C1CCC(CCNC(=O)COCCN2CCN(S(=O)(=O)c3ccccc3)CC2)CC1. The second-order valence-corrected chi connectivity index (χ2v) is 13.4. The third-order valence-electron chi connectivity index (χ3n) is 8.46. The molecule has 1 aliphatic heterocycles. The monoisotopic (exact) mass is 588 g/mol. The molecule has 2 aliphatic rings. The van der Waals surface area contributed by atoms with E-state index in [0.29, 0.717) is 62.6 Å². The van der Waals surface area contributed by atoms with Gasteiger partial charge in [-0.3, -0.25) is 9.69 Å². The Kier molecular flexibility index (Phi) is 11.7. The van der Waals surface area contributed by atoms with Crippen LogP contribution in [0.5, 0.6) is 0 Å². The second-order valence-electron chi connectivity index (χ2n) is 11.5. The zero-order valence-corrected chi connectivity index (χ0v) is 25.2. The van der Waals surface area contributed by atoms with Crippen molar-refractivity contribution in [2.24, 2.45) is 11.8 Å². The summed E-state index contributed by atoms with van der Waals surface area (Å²) < 4.78 is 46.5. The molecule has 226 valence electrons. The van der Waals surface area contributed by atoms with Crippen LogP contribution in [0.15, 0.2) is 59.5 Å². The zero-order chi connectivity index (χ0) is 29.2. The Morgan fingerprint density at radius 3 is 2.39 bits per heavy atom. The number of carbonyl (C=O) groups excluding carboxylic acids is 1. The van der Waals surface area contributed by atoms with Crippen molar-refractivity contribution in [2.75, 3.05) is 66.6 Å².